The summed E-state index contributed by atoms with van der Waals surface area (Å²) in [7, 11) is 0. The minimum absolute atomic E-state index is 0.299. The Balaban J connectivity index is 1.96. The van der Waals surface area contributed by atoms with E-state index in [9.17, 15) is 4.79 Å². The van der Waals surface area contributed by atoms with Crippen molar-refractivity contribution in [1.82, 2.24) is 10.4 Å². The lowest BCUT2D eigenvalue weighted by Crippen LogP contribution is -2.17. The molecule has 0 saturated heterocycles. The van der Waals surface area contributed by atoms with Gasteiger partial charge in [0.2, 0.25) is 0 Å². The minimum atomic E-state index is -0.299. The van der Waals surface area contributed by atoms with Crippen molar-refractivity contribution in [3.05, 3.63) is 65.5 Å². The van der Waals surface area contributed by atoms with Crippen LogP contribution < -0.4 is 5.43 Å². The number of rotatable bonds is 3. The second-order valence-electron chi connectivity index (χ2n) is 3.67. The van der Waals surface area contributed by atoms with E-state index < -0.39 is 0 Å². The second kappa shape index (κ2) is 6.07. The van der Waals surface area contributed by atoms with E-state index in [0.29, 0.717) is 11.1 Å². The van der Waals surface area contributed by atoms with Crippen molar-refractivity contribution in [3.8, 4) is 6.07 Å². The van der Waals surface area contributed by atoms with Crippen LogP contribution in [0.2, 0.25) is 0 Å². The molecule has 1 amide bonds. The van der Waals surface area contributed by atoms with E-state index in [2.05, 4.69) is 15.5 Å². The summed E-state index contributed by atoms with van der Waals surface area (Å²) in [5.41, 5.74) is 4.29. The van der Waals surface area contributed by atoms with Gasteiger partial charge >= 0.3 is 0 Å². The average Bonchev–Trinajstić information content (AvgIpc) is 2.49. The predicted molar refractivity (Wildman–Crippen MR) is 70.5 cm³/mol. The number of hydrogen-bond acceptors (Lipinski definition) is 4. The van der Waals surface area contributed by atoms with Crippen molar-refractivity contribution >= 4 is 12.1 Å². The molecule has 0 unspecified atom stereocenters. The van der Waals surface area contributed by atoms with Crippen LogP contribution in [0.25, 0.3) is 0 Å². The summed E-state index contributed by atoms with van der Waals surface area (Å²) in [6.45, 7) is 0. The molecule has 0 saturated carbocycles. The van der Waals surface area contributed by atoms with Crippen molar-refractivity contribution in [2.24, 2.45) is 5.10 Å². The summed E-state index contributed by atoms with van der Waals surface area (Å²) in [6, 6.07) is 12.1. The van der Waals surface area contributed by atoms with Crippen LogP contribution in [-0.2, 0) is 0 Å². The first-order valence-corrected chi connectivity index (χ1v) is 5.53. The topological polar surface area (TPSA) is 78.1 Å². The van der Waals surface area contributed by atoms with Gasteiger partial charge < -0.3 is 0 Å². The van der Waals surface area contributed by atoms with Crippen LogP contribution in [0.1, 0.15) is 21.5 Å². The molecule has 0 bridgehead atoms. The SMILES string of the molecule is N#Cc1ccc(/C=N\NC(=O)c2ccncc2)cc1. The maximum absolute atomic E-state index is 11.6. The molecule has 19 heavy (non-hydrogen) atoms. The summed E-state index contributed by atoms with van der Waals surface area (Å²) < 4.78 is 0. The van der Waals surface area contributed by atoms with Crippen LogP contribution in [0.15, 0.2) is 53.9 Å². The Morgan fingerprint density at radius 1 is 1.21 bits per heavy atom. The molecule has 1 N–H and O–H groups in total. The van der Waals surface area contributed by atoms with E-state index in [0.717, 1.165) is 5.56 Å². The summed E-state index contributed by atoms with van der Waals surface area (Å²) >= 11 is 0. The number of hydrogen-bond donors (Lipinski definition) is 1. The highest BCUT2D eigenvalue weighted by molar-refractivity contribution is 5.94. The molecule has 1 aromatic heterocycles. The lowest BCUT2D eigenvalue weighted by Gasteiger charge is -1.98. The van der Waals surface area contributed by atoms with Gasteiger partial charge in [-0.05, 0) is 29.8 Å². The highest BCUT2D eigenvalue weighted by Gasteiger charge is 2.01. The number of benzene rings is 1. The molecule has 2 rings (SSSR count). The van der Waals surface area contributed by atoms with Crippen LogP contribution >= 0.6 is 0 Å². The van der Waals surface area contributed by atoms with Crippen LogP contribution in [0.4, 0.5) is 0 Å². The molecule has 0 spiro atoms. The molecule has 5 nitrogen and oxygen atoms in total. The zero-order valence-electron chi connectivity index (χ0n) is 9.95. The third kappa shape index (κ3) is 3.48. The number of carbonyl (C=O) groups is 1. The Kier molecular flexibility index (Phi) is 3.98. The molecule has 1 aromatic carbocycles. The lowest BCUT2D eigenvalue weighted by molar-refractivity contribution is 0.0955. The number of aromatic nitrogens is 1. The van der Waals surface area contributed by atoms with Gasteiger partial charge in [-0.2, -0.15) is 10.4 Å². The van der Waals surface area contributed by atoms with E-state index >= 15 is 0 Å². The van der Waals surface area contributed by atoms with E-state index in [-0.39, 0.29) is 5.91 Å². The van der Waals surface area contributed by atoms with Crippen molar-refractivity contribution in [2.75, 3.05) is 0 Å². The zero-order chi connectivity index (χ0) is 13.5. The van der Waals surface area contributed by atoms with Gasteiger partial charge in [-0.1, -0.05) is 12.1 Å². The van der Waals surface area contributed by atoms with Gasteiger partial charge in [0.15, 0.2) is 0 Å². The number of amides is 1. The minimum Gasteiger partial charge on any atom is -0.267 e. The van der Waals surface area contributed by atoms with Crippen molar-refractivity contribution in [1.29, 1.82) is 5.26 Å². The maximum atomic E-state index is 11.6. The first-order chi connectivity index (χ1) is 9.29. The number of hydrazone groups is 1. The molecular weight excluding hydrogens is 240 g/mol. The molecule has 0 atom stereocenters. The van der Waals surface area contributed by atoms with Crippen molar-refractivity contribution < 1.29 is 4.79 Å². The average molecular weight is 250 g/mol. The first-order valence-electron chi connectivity index (χ1n) is 5.53. The fourth-order valence-corrected chi connectivity index (χ4v) is 1.38. The molecule has 0 fully saturated rings. The zero-order valence-corrected chi connectivity index (χ0v) is 9.95. The molecule has 2 aromatic rings. The summed E-state index contributed by atoms with van der Waals surface area (Å²) in [5.74, 6) is -0.299. The highest BCUT2D eigenvalue weighted by atomic mass is 16.2. The Morgan fingerprint density at radius 2 is 1.89 bits per heavy atom. The fraction of sp³-hybridized carbons (Fsp3) is 0. The lowest BCUT2D eigenvalue weighted by atomic mass is 10.2. The Bertz CT molecular complexity index is 627. The van der Waals surface area contributed by atoms with Crippen LogP contribution in [-0.4, -0.2) is 17.1 Å². The number of carbonyl (C=O) groups excluding carboxylic acids is 1. The normalized spacial score (nSPS) is 10.1. The number of nitrogens with zero attached hydrogens (tertiary/aromatic N) is 3. The Morgan fingerprint density at radius 3 is 2.53 bits per heavy atom. The highest BCUT2D eigenvalue weighted by Crippen LogP contribution is 2.00. The first kappa shape index (κ1) is 12.5. The summed E-state index contributed by atoms with van der Waals surface area (Å²) in [4.78, 5) is 15.5. The summed E-state index contributed by atoms with van der Waals surface area (Å²) in [5, 5.41) is 12.5. The molecule has 0 radical (unpaired) electrons. The second-order valence-corrected chi connectivity index (χ2v) is 3.67. The van der Waals surface area contributed by atoms with Gasteiger partial charge in [-0.15, -0.1) is 0 Å². The molecule has 1 heterocycles. The maximum Gasteiger partial charge on any atom is 0.271 e. The molecule has 0 aliphatic heterocycles. The van der Waals surface area contributed by atoms with E-state index in [1.54, 1.807) is 48.8 Å². The van der Waals surface area contributed by atoms with Crippen LogP contribution in [0, 0.1) is 11.3 Å². The predicted octanol–water partition coefficient (Wildman–Crippen LogP) is 1.72. The molecule has 0 aliphatic rings. The van der Waals surface area contributed by atoms with Crippen molar-refractivity contribution in [3.63, 3.8) is 0 Å². The number of nitrogens with one attached hydrogen (secondary N) is 1. The largest absolute Gasteiger partial charge is 0.271 e. The van der Waals surface area contributed by atoms with E-state index in [1.165, 1.54) is 6.21 Å². The standard InChI is InChI=1S/C14H10N4O/c15-9-11-1-3-12(4-2-11)10-17-18-14(19)13-5-7-16-8-6-13/h1-8,10H,(H,18,19)/b17-10-. The third-order valence-electron chi connectivity index (χ3n) is 2.36. The van der Waals surface area contributed by atoms with Crippen LogP contribution in [0.3, 0.4) is 0 Å². The monoisotopic (exact) mass is 250 g/mol. The summed E-state index contributed by atoms with van der Waals surface area (Å²) in [6.07, 6.45) is 4.60. The number of nitriles is 1. The number of pyridine rings is 1. The van der Waals surface area contributed by atoms with Gasteiger partial charge in [0.25, 0.3) is 5.91 Å². The Labute approximate surface area is 110 Å². The molecule has 92 valence electrons. The third-order valence-corrected chi connectivity index (χ3v) is 2.36. The fourth-order valence-electron chi connectivity index (χ4n) is 1.38. The quantitative estimate of drug-likeness (QED) is 0.665. The van der Waals surface area contributed by atoms with Gasteiger partial charge in [0, 0.05) is 18.0 Å². The molecule has 5 heteroatoms. The van der Waals surface area contributed by atoms with E-state index in [1.807, 2.05) is 6.07 Å². The van der Waals surface area contributed by atoms with Gasteiger partial charge in [-0.3, -0.25) is 9.78 Å². The Hall–Kier alpha value is -3.00. The van der Waals surface area contributed by atoms with Crippen LogP contribution in [0.5, 0.6) is 0 Å². The van der Waals surface area contributed by atoms with Crippen molar-refractivity contribution in [2.45, 2.75) is 0 Å². The van der Waals surface area contributed by atoms with E-state index in [4.69, 9.17) is 5.26 Å². The van der Waals surface area contributed by atoms with Gasteiger partial charge in [0.1, 0.15) is 0 Å². The molecule has 0 aliphatic carbocycles. The van der Waals surface area contributed by atoms with Gasteiger partial charge in [0.05, 0.1) is 17.8 Å². The van der Waals surface area contributed by atoms with Gasteiger partial charge in [-0.25, -0.2) is 5.43 Å². The molecular formula is C14H10N4O. The smallest absolute Gasteiger partial charge is 0.267 e.